The molecule has 2 atom stereocenters. The van der Waals surface area contributed by atoms with Crippen molar-refractivity contribution in [3.05, 3.63) is 76.3 Å². The number of hydrogen-bond donors (Lipinski definition) is 3. The second kappa shape index (κ2) is 11.8. The van der Waals surface area contributed by atoms with Crippen molar-refractivity contribution in [2.24, 2.45) is 0 Å². The lowest BCUT2D eigenvalue weighted by molar-refractivity contribution is -0.870. The van der Waals surface area contributed by atoms with E-state index >= 15 is 8.63 Å². The van der Waals surface area contributed by atoms with Crippen molar-refractivity contribution >= 4 is 41.7 Å². The first-order valence-corrected chi connectivity index (χ1v) is 14.7. The number of allylic oxidation sites excluding steroid dienone is 2. The summed E-state index contributed by atoms with van der Waals surface area (Å²) in [7, 11) is 6.30. The van der Waals surface area contributed by atoms with Crippen LogP contribution in [0.25, 0.3) is 6.08 Å². The van der Waals surface area contributed by atoms with Gasteiger partial charge in [0.15, 0.2) is 22.5 Å². The Morgan fingerprint density at radius 2 is 1.83 bits per heavy atom. The van der Waals surface area contributed by atoms with E-state index < -0.39 is 41.7 Å². The zero-order chi connectivity index (χ0) is 30.1. The van der Waals surface area contributed by atoms with Crippen LogP contribution < -0.4 is 5.32 Å². The molecule has 0 aliphatic carbocycles. The van der Waals surface area contributed by atoms with Crippen LogP contribution in [0.2, 0.25) is 0 Å². The van der Waals surface area contributed by atoms with Gasteiger partial charge in [-0.05, 0) is 49.2 Å². The molecule has 2 aromatic rings. The summed E-state index contributed by atoms with van der Waals surface area (Å²) in [6, 6.07) is 9.17. The predicted molar refractivity (Wildman–Crippen MR) is 155 cm³/mol. The number of hydrogen-bond acceptors (Lipinski definition) is 3. The Balaban J connectivity index is 1.68. The first-order chi connectivity index (χ1) is 19.2. The maximum absolute atomic E-state index is 16.6. The molecular formula is C28H36BF2N4O5S+. The molecule has 0 fully saturated rings. The highest BCUT2D eigenvalue weighted by molar-refractivity contribution is 7.79. The Hall–Kier alpha value is -3.42. The topological polar surface area (TPSA) is 112 Å². The second-order valence-electron chi connectivity index (χ2n) is 11.5. The summed E-state index contributed by atoms with van der Waals surface area (Å²) in [4.78, 5) is 23.8. The Labute approximate surface area is 240 Å². The molecule has 1 aromatic carbocycles. The minimum absolute atomic E-state index is 0.0694. The smallest absolute Gasteiger partial charge is 0.480 e. The first kappa shape index (κ1) is 30.5. The van der Waals surface area contributed by atoms with E-state index in [-0.39, 0.29) is 18.5 Å². The number of nitrogens with one attached hydrogen (secondary N) is 1. The van der Waals surface area contributed by atoms with Crippen molar-refractivity contribution in [1.29, 1.82) is 0 Å². The van der Waals surface area contributed by atoms with Gasteiger partial charge < -0.3 is 37.1 Å². The minimum atomic E-state index is -4.34. The molecule has 9 nitrogen and oxygen atoms in total. The number of carbonyl (C=O) groups excluding carboxylic acids is 1. The molecule has 220 valence electrons. The summed E-state index contributed by atoms with van der Waals surface area (Å²) in [6.07, 6.45) is 4.80. The van der Waals surface area contributed by atoms with E-state index in [2.05, 4.69) is 26.5 Å². The number of carboxylic acids is 1. The molecule has 0 saturated heterocycles. The second-order valence-corrected chi connectivity index (χ2v) is 12.5. The van der Waals surface area contributed by atoms with Gasteiger partial charge in [0.2, 0.25) is 5.91 Å². The summed E-state index contributed by atoms with van der Waals surface area (Å²) in [5.74, 6) is -2.84. The molecule has 0 radical (unpaired) electrons. The van der Waals surface area contributed by atoms with E-state index in [1.807, 2.05) is 36.4 Å². The van der Waals surface area contributed by atoms with Crippen LogP contribution in [-0.4, -0.2) is 91.4 Å². The van der Waals surface area contributed by atoms with Crippen LogP contribution in [-0.2, 0) is 27.1 Å². The van der Waals surface area contributed by atoms with Crippen molar-refractivity contribution < 1.29 is 41.1 Å². The normalized spacial score (nSPS) is 17.3. The molecule has 2 unspecified atom stereocenters. The standard InChI is InChI=1S/C28H35BF2N4O5S/c1-19-15-22(12-13-27(36)32-23(28(37)38)18-41(39)40)33-24(19)17-26-21(11-8-14-35(2,3)4)16-25(34(26)29(33,30)31)20-9-6-5-7-10-20/h5-7,9-10,15-17,23H,8,11-14,18H2,1-4H3,(H2-,32,36,37,38,39,40)/p+1. The van der Waals surface area contributed by atoms with Gasteiger partial charge in [-0.1, -0.05) is 18.2 Å². The molecule has 3 heterocycles. The lowest BCUT2D eigenvalue weighted by atomic mass is 9.88. The predicted octanol–water partition coefficient (Wildman–Crippen LogP) is 3.03. The average molecular weight is 589 g/mol. The molecule has 2 aliphatic heterocycles. The molecule has 1 aromatic heterocycles. The van der Waals surface area contributed by atoms with Crippen LogP contribution in [0.3, 0.4) is 0 Å². The lowest BCUT2D eigenvalue weighted by Gasteiger charge is -2.32. The molecule has 4 rings (SSSR count). The number of carboxylic acid groups (broad SMARTS) is 1. The van der Waals surface area contributed by atoms with E-state index in [4.69, 9.17) is 4.55 Å². The molecule has 2 aliphatic rings. The molecule has 0 spiro atoms. The van der Waals surface area contributed by atoms with Crippen molar-refractivity contribution in [2.75, 3.05) is 33.4 Å². The van der Waals surface area contributed by atoms with Gasteiger partial charge in [-0.25, -0.2) is 9.00 Å². The number of rotatable bonds is 12. The van der Waals surface area contributed by atoms with E-state index in [1.54, 1.807) is 19.1 Å². The number of halogens is 2. The van der Waals surface area contributed by atoms with Crippen LogP contribution in [0.4, 0.5) is 8.63 Å². The van der Waals surface area contributed by atoms with E-state index in [0.717, 1.165) is 32.0 Å². The molecule has 3 N–H and O–H groups in total. The Bertz CT molecular complexity index is 1480. The van der Waals surface area contributed by atoms with Crippen molar-refractivity contribution in [2.45, 2.75) is 38.6 Å². The van der Waals surface area contributed by atoms with Crippen LogP contribution in [0, 0.1) is 6.92 Å². The maximum Gasteiger partial charge on any atom is 0.737 e. The van der Waals surface area contributed by atoms with E-state index in [1.165, 1.54) is 0 Å². The molecule has 0 saturated carbocycles. The van der Waals surface area contributed by atoms with E-state index in [0.29, 0.717) is 34.7 Å². The van der Waals surface area contributed by atoms with E-state index in [9.17, 15) is 18.9 Å². The van der Waals surface area contributed by atoms with Gasteiger partial charge in [0, 0.05) is 41.8 Å². The number of nitrogens with zero attached hydrogens (tertiary/aromatic N) is 3. The van der Waals surface area contributed by atoms with Gasteiger partial charge in [-0.2, -0.15) is 0 Å². The van der Waals surface area contributed by atoms with Crippen LogP contribution >= 0.6 is 0 Å². The van der Waals surface area contributed by atoms with Crippen LogP contribution in [0.15, 0.2) is 53.7 Å². The number of carbonyl (C=O) groups is 2. The molecule has 41 heavy (non-hydrogen) atoms. The summed E-state index contributed by atoms with van der Waals surface area (Å²) >= 11 is -2.43. The SMILES string of the molecule is Cc1cc(CCC(=O)NC(CS(=O)O)C(=O)O)n2c1C=C1C(CCC[N+](C)(C)C)=CC(c3ccccc3)=[N+]1[B-]2(F)F. The Morgan fingerprint density at radius 1 is 1.15 bits per heavy atom. The van der Waals surface area contributed by atoms with Crippen molar-refractivity contribution in [3.8, 4) is 0 Å². The zero-order valence-electron chi connectivity index (χ0n) is 23.6. The fourth-order valence-electron chi connectivity index (χ4n) is 5.42. The minimum Gasteiger partial charge on any atom is -0.480 e. The van der Waals surface area contributed by atoms with Crippen LogP contribution in [0.1, 0.15) is 41.8 Å². The Kier molecular flexibility index (Phi) is 8.81. The summed E-state index contributed by atoms with van der Waals surface area (Å²) in [6.45, 7) is -1.69. The van der Waals surface area contributed by atoms with Gasteiger partial charge in [-0.3, -0.25) is 4.79 Å². The zero-order valence-corrected chi connectivity index (χ0v) is 24.5. The largest absolute Gasteiger partial charge is 0.737 e. The Morgan fingerprint density at radius 3 is 2.44 bits per heavy atom. The quantitative estimate of drug-likeness (QED) is 0.200. The number of fused-ring (bicyclic) bond motifs is 2. The molecule has 1 amide bonds. The molecular weight excluding hydrogens is 553 g/mol. The number of benzene rings is 1. The van der Waals surface area contributed by atoms with Crippen molar-refractivity contribution in [1.82, 2.24) is 9.79 Å². The van der Waals surface area contributed by atoms with Crippen LogP contribution in [0.5, 0.6) is 0 Å². The molecule has 13 heteroatoms. The monoisotopic (exact) mass is 589 g/mol. The number of aromatic nitrogens is 1. The average Bonchev–Trinajstić information content (AvgIpc) is 3.41. The number of aliphatic carboxylic acids is 1. The lowest BCUT2D eigenvalue weighted by Crippen LogP contribution is -2.51. The first-order valence-electron chi connectivity index (χ1n) is 13.5. The number of aryl methyl sites for hydroxylation is 2. The fraction of sp³-hybridized carbons (Fsp3) is 0.393. The fourth-order valence-corrected chi connectivity index (χ4v) is 5.93. The maximum atomic E-state index is 16.6. The third-order valence-corrected chi connectivity index (χ3v) is 7.92. The summed E-state index contributed by atoms with van der Waals surface area (Å²) < 4.78 is 56.3. The van der Waals surface area contributed by atoms with Gasteiger partial charge in [0.25, 0.3) is 0 Å². The highest BCUT2D eigenvalue weighted by atomic mass is 32.2. The van der Waals surface area contributed by atoms with Crippen molar-refractivity contribution in [3.63, 3.8) is 0 Å². The highest BCUT2D eigenvalue weighted by Crippen LogP contribution is 2.39. The molecule has 0 bridgehead atoms. The summed E-state index contributed by atoms with van der Waals surface area (Å²) in [5.41, 5.74) is 3.70. The summed E-state index contributed by atoms with van der Waals surface area (Å²) in [5, 5.41) is 11.4. The third kappa shape index (κ3) is 6.74. The number of amides is 1. The van der Waals surface area contributed by atoms with Gasteiger partial charge in [0.05, 0.1) is 33.4 Å². The van der Waals surface area contributed by atoms with Gasteiger partial charge >= 0.3 is 12.9 Å². The van der Waals surface area contributed by atoms with Gasteiger partial charge in [0.1, 0.15) is 6.04 Å². The third-order valence-electron chi connectivity index (χ3n) is 7.31. The van der Waals surface area contributed by atoms with Gasteiger partial charge in [-0.15, -0.1) is 0 Å². The highest BCUT2D eigenvalue weighted by Gasteiger charge is 2.54. The number of quaternary nitrogens is 1.